The van der Waals surface area contributed by atoms with E-state index in [9.17, 15) is 0 Å². The second-order valence-corrected chi connectivity index (χ2v) is 2.68. The Hall–Kier alpha value is -0.0800. The molecule has 0 aromatic rings. The van der Waals surface area contributed by atoms with Crippen LogP contribution in [0.3, 0.4) is 0 Å². The number of nitrogens with zero attached hydrogens (tertiary/aromatic N) is 1. The molecule has 0 radical (unpaired) electrons. The Balaban J connectivity index is 0. The van der Waals surface area contributed by atoms with Gasteiger partial charge < -0.3 is 9.96 Å². The molecule has 0 spiro atoms. The van der Waals surface area contributed by atoms with Crippen LogP contribution in [0.1, 0.15) is 0 Å². The van der Waals surface area contributed by atoms with Gasteiger partial charge in [-0.05, 0) is 0 Å². The van der Waals surface area contributed by atoms with Crippen molar-refractivity contribution in [2.75, 3.05) is 28.2 Å². The molecule has 0 unspecified atom stereocenters. The number of hydrogen-bond acceptors (Lipinski definition) is 0. The topological polar surface area (TPSA) is 31.5 Å². The monoisotopic (exact) mass is 92.1 g/mol. The van der Waals surface area contributed by atoms with Crippen molar-refractivity contribution in [3.8, 4) is 0 Å². The van der Waals surface area contributed by atoms with E-state index < -0.39 is 0 Å². The van der Waals surface area contributed by atoms with Gasteiger partial charge >= 0.3 is 0 Å². The highest BCUT2D eigenvalue weighted by atomic mass is 16.0. The summed E-state index contributed by atoms with van der Waals surface area (Å²) in [5.74, 6) is 0. The fraction of sp³-hybridized carbons (Fsp3) is 1.00. The minimum absolute atomic E-state index is 0. The predicted molar refractivity (Wildman–Crippen MR) is 27.6 cm³/mol. The summed E-state index contributed by atoms with van der Waals surface area (Å²) in [7, 11) is 8.50. The van der Waals surface area contributed by atoms with Crippen LogP contribution in [0.25, 0.3) is 0 Å². The summed E-state index contributed by atoms with van der Waals surface area (Å²) < 4.78 is 1.00. The Morgan fingerprint density at radius 1 is 0.833 bits per heavy atom. The van der Waals surface area contributed by atoms with Crippen LogP contribution >= 0.6 is 0 Å². The minimum Gasteiger partial charge on any atom is -0.412 e. The summed E-state index contributed by atoms with van der Waals surface area (Å²) in [4.78, 5) is 0. The number of rotatable bonds is 0. The summed E-state index contributed by atoms with van der Waals surface area (Å²) >= 11 is 0. The fourth-order valence-corrected chi connectivity index (χ4v) is 0. The molecule has 0 heterocycles. The predicted octanol–water partition coefficient (Wildman–Crippen LogP) is -0.502. The van der Waals surface area contributed by atoms with Gasteiger partial charge in [-0.1, -0.05) is 0 Å². The van der Waals surface area contributed by atoms with Gasteiger partial charge in [0, 0.05) is 0 Å². The first-order valence-corrected chi connectivity index (χ1v) is 1.79. The number of quaternary nitrogens is 1. The van der Waals surface area contributed by atoms with Crippen LogP contribution in [0.15, 0.2) is 0 Å². The third-order valence-electron chi connectivity index (χ3n) is 0. The molecule has 0 aromatic carbocycles. The van der Waals surface area contributed by atoms with Gasteiger partial charge in [-0.2, -0.15) is 0 Å². The van der Waals surface area contributed by atoms with E-state index in [0.717, 1.165) is 4.48 Å². The molecule has 0 aliphatic heterocycles. The van der Waals surface area contributed by atoms with Crippen molar-refractivity contribution in [2.45, 2.75) is 0 Å². The smallest absolute Gasteiger partial charge is 0.0675 e. The maximum Gasteiger partial charge on any atom is 0.0675 e. The highest BCUT2D eigenvalue weighted by molar-refractivity contribution is 3.87. The van der Waals surface area contributed by atoms with Gasteiger partial charge in [-0.3, -0.25) is 0 Å². The van der Waals surface area contributed by atoms with E-state index in [2.05, 4.69) is 28.2 Å². The summed E-state index contributed by atoms with van der Waals surface area (Å²) in [5.41, 5.74) is 0. The van der Waals surface area contributed by atoms with Crippen molar-refractivity contribution in [3.63, 3.8) is 0 Å². The van der Waals surface area contributed by atoms with Crippen LogP contribution < -0.4 is 0 Å². The first-order valence-electron chi connectivity index (χ1n) is 1.79. The summed E-state index contributed by atoms with van der Waals surface area (Å²) in [6.45, 7) is 0. The molecule has 0 atom stereocenters. The summed E-state index contributed by atoms with van der Waals surface area (Å²) in [6.07, 6.45) is 0. The Morgan fingerprint density at radius 2 is 0.833 bits per heavy atom. The molecule has 0 aliphatic carbocycles. The maximum atomic E-state index is 2.12. The Morgan fingerprint density at radius 3 is 0.833 bits per heavy atom. The first-order chi connectivity index (χ1) is 2.00. The van der Waals surface area contributed by atoms with E-state index in [1.165, 1.54) is 0 Å². The summed E-state index contributed by atoms with van der Waals surface area (Å²) in [5, 5.41) is 0. The van der Waals surface area contributed by atoms with Crippen molar-refractivity contribution >= 4 is 0 Å². The van der Waals surface area contributed by atoms with Crippen molar-refractivity contribution in [1.82, 2.24) is 0 Å². The lowest BCUT2D eigenvalue weighted by Gasteiger charge is -2.14. The minimum atomic E-state index is 0. The standard InChI is InChI=1S/C4H12N.H2O/c1-5(2,3)4;/h1-4H3;1H2/q+1;. The van der Waals surface area contributed by atoms with E-state index in [0.29, 0.717) is 0 Å². The zero-order valence-electron chi connectivity index (χ0n) is 4.95. The Bertz CT molecular complexity index is 23.0. The molecule has 0 aromatic heterocycles. The average Bonchev–Trinajstić information content (AvgIpc) is 0.722. The second kappa shape index (κ2) is 2.16. The van der Waals surface area contributed by atoms with Gasteiger partial charge in [0.05, 0.1) is 28.2 Å². The van der Waals surface area contributed by atoms with Gasteiger partial charge in [0.2, 0.25) is 0 Å². The Kier molecular flexibility index (Phi) is 3.35. The molecule has 40 valence electrons. The van der Waals surface area contributed by atoms with Gasteiger partial charge in [0.25, 0.3) is 0 Å². The van der Waals surface area contributed by atoms with E-state index in [-0.39, 0.29) is 5.48 Å². The molecule has 0 amide bonds. The SMILES string of the molecule is C[N+](C)(C)C.O. The average molecular weight is 92.2 g/mol. The summed E-state index contributed by atoms with van der Waals surface area (Å²) in [6, 6.07) is 0. The van der Waals surface area contributed by atoms with E-state index in [1.54, 1.807) is 0 Å². The quantitative estimate of drug-likeness (QED) is 0.361. The zero-order valence-corrected chi connectivity index (χ0v) is 4.95. The molecule has 2 heteroatoms. The van der Waals surface area contributed by atoms with Crippen molar-refractivity contribution in [3.05, 3.63) is 0 Å². The molecular weight excluding hydrogens is 78.0 g/mol. The second-order valence-electron chi connectivity index (χ2n) is 2.68. The highest BCUT2D eigenvalue weighted by Gasteiger charge is 1.88. The van der Waals surface area contributed by atoms with Crippen LogP contribution in [0.5, 0.6) is 0 Å². The lowest BCUT2D eigenvalue weighted by Crippen LogP contribution is -2.27. The molecular formula is C4H14NO+. The lowest BCUT2D eigenvalue weighted by atomic mass is 10.8. The highest BCUT2D eigenvalue weighted by Crippen LogP contribution is 1.73. The molecule has 6 heavy (non-hydrogen) atoms. The van der Waals surface area contributed by atoms with E-state index in [1.807, 2.05) is 0 Å². The van der Waals surface area contributed by atoms with Crippen molar-refractivity contribution in [2.24, 2.45) is 0 Å². The van der Waals surface area contributed by atoms with E-state index >= 15 is 0 Å². The van der Waals surface area contributed by atoms with Crippen LogP contribution in [-0.2, 0) is 0 Å². The van der Waals surface area contributed by atoms with Crippen molar-refractivity contribution < 1.29 is 9.96 Å². The lowest BCUT2D eigenvalue weighted by molar-refractivity contribution is -0.849. The van der Waals surface area contributed by atoms with Crippen molar-refractivity contribution in [1.29, 1.82) is 0 Å². The number of hydrogen-bond donors (Lipinski definition) is 0. The maximum absolute atomic E-state index is 2.12. The third kappa shape index (κ3) is 5220. The molecule has 0 saturated heterocycles. The zero-order chi connectivity index (χ0) is 4.50. The molecule has 2 nitrogen and oxygen atoms in total. The normalized spacial score (nSPS) is 10.0. The molecule has 2 N–H and O–H groups in total. The fourth-order valence-electron chi connectivity index (χ4n) is 0. The van der Waals surface area contributed by atoms with Crippen LogP contribution in [-0.4, -0.2) is 38.1 Å². The van der Waals surface area contributed by atoms with Crippen LogP contribution in [0, 0.1) is 0 Å². The van der Waals surface area contributed by atoms with Gasteiger partial charge in [-0.25, -0.2) is 0 Å². The van der Waals surface area contributed by atoms with E-state index in [4.69, 9.17) is 0 Å². The molecule has 0 fully saturated rings. The Labute approximate surface area is 39.3 Å². The third-order valence-corrected chi connectivity index (χ3v) is 0. The van der Waals surface area contributed by atoms with Gasteiger partial charge in [-0.15, -0.1) is 0 Å². The van der Waals surface area contributed by atoms with Gasteiger partial charge in [0.15, 0.2) is 0 Å². The molecule has 0 saturated carbocycles. The van der Waals surface area contributed by atoms with Gasteiger partial charge in [0.1, 0.15) is 0 Å². The molecule has 0 bridgehead atoms. The first kappa shape index (κ1) is 9.33. The largest absolute Gasteiger partial charge is 0.412 e. The van der Waals surface area contributed by atoms with Crippen LogP contribution in [0.4, 0.5) is 0 Å². The molecule has 0 aliphatic rings. The van der Waals surface area contributed by atoms with Crippen LogP contribution in [0.2, 0.25) is 0 Å². The molecule has 0 rings (SSSR count).